The van der Waals surface area contributed by atoms with Crippen molar-refractivity contribution in [3.05, 3.63) is 63.6 Å². The van der Waals surface area contributed by atoms with Crippen molar-refractivity contribution in [2.75, 3.05) is 11.4 Å². The van der Waals surface area contributed by atoms with Gasteiger partial charge in [0.15, 0.2) is 0 Å². The van der Waals surface area contributed by atoms with Gasteiger partial charge >= 0.3 is 5.97 Å². The summed E-state index contributed by atoms with van der Waals surface area (Å²) in [6.07, 6.45) is 2.90. The molecule has 1 aromatic heterocycles. The first-order valence-corrected chi connectivity index (χ1v) is 10.1. The van der Waals surface area contributed by atoms with E-state index in [0.29, 0.717) is 29.6 Å². The van der Waals surface area contributed by atoms with Crippen molar-refractivity contribution >= 4 is 44.4 Å². The third-order valence-corrected chi connectivity index (χ3v) is 5.29. The molecule has 2 heterocycles. The second-order valence-corrected chi connectivity index (χ2v) is 7.69. The summed E-state index contributed by atoms with van der Waals surface area (Å²) in [7, 11) is 0. The molecule has 29 heavy (non-hydrogen) atoms. The third kappa shape index (κ3) is 4.22. The van der Waals surface area contributed by atoms with Crippen LogP contribution < -0.4 is 15.2 Å². The normalized spacial score (nSPS) is 13.8. The number of nitrogens with zero attached hydrogens (tertiary/aromatic N) is 3. The molecular weight excluding hydrogens is 438 g/mol. The summed E-state index contributed by atoms with van der Waals surface area (Å²) < 4.78 is 7.53. The first-order valence-electron chi connectivity index (χ1n) is 9.27. The van der Waals surface area contributed by atoms with Gasteiger partial charge in [0.25, 0.3) is 5.56 Å². The Balaban J connectivity index is 1.39. The topological polar surface area (TPSA) is 81.5 Å². The number of hydrogen-bond donors (Lipinski definition) is 0. The van der Waals surface area contributed by atoms with Crippen LogP contribution in [0.25, 0.3) is 10.9 Å². The van der Waals surface area contributed by atoms with E-state index in [2.05, 4.69) is 20.9 Å². The van der Waals surface area contributed by atoms with E-state index >= 15 is 0 Å². The van der Waals surface area contributed by atoms with Crippen LogP contribution in [0.4, 0.5) is 5.69 Å². The van der Waals surface area contributed by atoms with Gasteiger partial charge in [-0.3, -0.25) is 19.0 Å². The van der Waals surface area contributed by atoms with Gasteiger partial charge in [0, 0.05) is 29.7 Å². The fraction of sp³-hybridized carbons (Fsp3) is 0.238. The summed E-state index contributed by atoms with van der Waals surface area (Å²) in [5, 5.41) is 0.488. The van der Waals surface area contributed by atoms with Crippen molar-refractivity contribution in [3.63, 3.8) is 0 Å². The lowest BCUT2D eigenvalue weighted by Gasteiger charge is -2.15. The highest BCUT2D eigenvalue weighted by Gasteiger charge is 2.21. The summed E-state index contributed by atoms with van der Waals surface area (Å²) in [4.78, 5) is 42.5. The fourth-order valence-corrected chi connectivity index (χ4v) is 3.66. The van der Waals surface area contributed by atoms with Gasteiger partial charge < -0.3 is 9.64 Å². The van der Waals surface area contributed by atoms with E-state index in [1.54, 1.807) is 41.3 Å². The van der Waals surface area contributed by atoms with Gasteiger partial charge in [-0.25, -0.2) is 4.98 Å². The molecule has 7 nitrogen and oxygen atoms in total. The third-order valence-electron chi connectivity index (χ3n) is 4.80. The van der Waals surface area contributed by atoms with Crippen LogP contribution in [-0.4, -0.2) is 28.0 Å². The molecule has 1 aliphatic heterocycles. The predicted molar refractivity (Wildman–Crippen MR) is 112 cm³/mol. The van der Waals surface area contributed by atoms with Gasteiger partial charge in [-0.15, -0.1) is 0 Å². The van der Waals surface area contributed by atoms with Crippen LogP contribution >= 0.6 is 15.9 Å². The number of hydrogen-bond acceptors (Lipinski definition) is 5. The second kappa shape index (κ2) is 8.16. The zero-order valence-electron chi connectivity index (χ0n) is 15.5. The van der Waals surface area contributed by atoms with Crippen LogP contribution in [0.3, 0.4) is 0 Å². The SMILES string of the molecule is O=C(CCn1cnc2ccc(Br)cc2c1=O)Oc1ccc(N2CCCC2=O)cc1. The highest BCUT2D eigenvalue weighted by atomic mass is 79.9. The van der Waals surface area contributed by atoms with Crippen molar-refractivity contribution in [3.8, 4) is 5.75 Å². The Morgan fingerprint density at radius 2 is 1.93 bits per heavy atom. The zero-order valence-corrected chi connectivity index (χ0v) is 17.1. The van der Waals surface area contributed by atoms with Crippen LogP contribution in [0.2, 0.25) is 0 Å². The van der Waals surface area contributed by atoms with E-state index in [0.717, 1.165) is 16.6 Å². The van der Waals surface area contributed by atoms with Crippen LogP contribution in [0.5, 0.6) is 5.75 Å². The maximum atomic E-state index is 12.6. The molecule has 1 amide bonds. The molecule has 3 aromatic rings. The Bertz CT molecular complexity index is 1140. The number of carbonyl (C=O) groups is 2. The van der Waals surface area contributed by atoms with E-state index in [-0.39, 0.29) is 24.4 Å². The van der Waals surface area contributed by atoms with Gasteiger partial charge in [-0.1, -0.05) is 15.9 Å². The summed E-state index contributed by atoms with van der Waals surface area (Å²) in [6.45, 7) is 0.885. The number of halogens is 1. The summed E-state index contributed by atoms with van der Waals surface area (Å²) in [5.41, 5.74) is 1.20. The Morgan fingerprint density at radius 3 is 2.66 bits per heavy atom. The number of anilines is 1. The quantitative estimate of drug-likeness (QED) is 0.435. The second-order valence-electron chi connectivity index (χ2n) is 6.77. The van der Waals surface area contributed by atoms with Gasteiger partial charge in [-0.05, 0) is 48.9 Å². The Morgan fingerprint density at radius 1 is 1.14 bits per heavy atom. The van der Waals surface area contributed by atoms with Crippen molar-refractivity contribution in [1.82, 2.24) is 9.55 Å². The first-order chi connectivity index (χ1) is 14.0. The molecule has 148 valence electrons. The van der Waals surface area contributed by atoms with Crippen molar-refractivity contribution in [2.24, 2.45) is 0 Å². The molecule has 0 aliphatic carbocycles. The van der Waals surface area contributed by atoms with Crippen molar-refractivity contribution < 1.29 is 14.3 Å². The molecule has 0 unspecified atom stereocenters. The van der Waals surface area contributed by atoms with E-state index in [1.165, 1.54) is 10.9 Å². The number of fused-ring (bicyclic) bond motifs is 1. The van der Waals surface area contributed by atoms with Crippen LogP contribution in [-0.2, 0) is 16.1 Å². The lowest BCUT2D eigenvalue weighted by Crippen LogP contribution is -2.23. The van der Waals surface area contributed by atoms with Gasteiger partial charge in [-0.2, -0.15) is 0 Å². The maximum absolute atomic E-state index is 12.6. The fourth-order valence-electron chi connectivity index (χ4n) is 3.30. The highest BCUT2D eigenvalue weighted by molar-refractivity contribution is 9.10. The minimum atomic E-state index is -0.448. The van der Waals surface area contributed by atoms with E-state index < -0.39 is 5.97 Å². The molecule has 4 rings (SSSR count). The Kier molecular flexibility index (Phi) is 5.44. The van der Waals surface area contributed by atoms with Crippen molar-refractivity contribution in [1.29, 1.82) is 0 Å². The number of ether oxygens (including phenoxy) is 1. The molecule has 0 radical (unpaired) electrons. The number of amides is 1. The minimum Gasteiger partial charge on any atom is -0.426 e. The molecule has 2 aromatic carbocycles. The zero-order chi connectivity index (χ0) is 20.4. The minimum absolute atomic E-state index is 0.0352. The molecule has 1 saturated heterocycles. The smallest absolute Gasteiger partial charge is 0.312 e. The summed E-state index contributed by atoms with van der Waals surface area (Å²) in [6, 6.07) is 12.2. The van der Waals surface area contributed by atoms with E-state index in [9.17, 15) is 14.4 Å². The number of rotatable bonds is 5. The number of benzene rings is 2. The molecular formula is C21H18BrN3O4. The lowest BCUT2D eigenvalue weighted by atomic mass is 10.2. The molecule has 0 saturated carbocycles. The van der Waals surface area contributed by atoms with Gasteiger partial charge in [0.2, 0.25) is 5.91 Å². The van der Waals surface area contributed by atoms with Crippen LogP contribution in [0, 0.1) is 0 Å². The van der Waals surface area contributed by atoms with Crippen molar-refractivity contribution in [2.45, 2.75) is 25.8 Å². The average Bonchev–Trinajstić information content (AvgIpc) is 3.14. The first kappa shape index (κ1) is 19.3. The lowest BCUT2D eigenvalue weighted by molar-refractivity contribution is -0.134. The molecule has 8 heteroatoms. The number of aromatic nitrogens is 2. The predicted octanol–water partition coefficient (Wildman–Crippen LogP) is 3.28. The van der Waals surface area contributed by atoms with E-state index in [1.807, 2.05) is 6.07 Å². The molecule has 0 N–H and O–H groups in total. The molecule has 0 atom stereocenters. The number of carbonyl (C=O) groups excluding carboxylic acids is 2. The Hall–Kier alpha value is -3.00. The summed E-state index contributed by atoms with van der Waals surface area (Å²) in [5.74, 6) is 0.0609. The maximum Gasteiger partial charge on any atom is 0.312 e. The van der Waals surface area contributed by atoms with Gasteiger partial charge in [0.1, 0.15) is 5.75 Å². The average molecular weight is 456 g/mol. The molecule has 0 spiro atoms. The van der Waals surface area contributed by atoms with Crippen LogP contribution in [0.1, 0.15) is 19.3 Å². The largest absolute Gasteiger partial charge is 0.426 e. The highest BCUT2D eigenvalue weighted by Crippen LogP contribution is 2.24. The number of esters is 1. The van der Waals surface area contributed by atoms with E-state index in [4.69, 9.17) is 4.74 Å². The Labute approximate surface area is 175 Å². The standard InChI is InChI=1S/C21H18BrN3O4/c22-14-3-8-18-17(12-14)21(28)24(13-23-18)11-9-20(27)29-16-6-4-15(5-7-16)25-10-1-2-19(25)26/h3-8,12-13H,1-2,9-11H2. The van der Waals surface area contributed by atoms with Gasteiger partial charge in [0.05, 0.1) is 23.7 Å². The molecule has 1 aliphatic rings. The monoisotopic (exact) mass is 455 g/mol. The molecule has 1 fully saturated rings. The van der Waals surface area contributed by atoms with Crippen LogP contribution in [0.15, 0.2) is 58.1 Å². The number of aryl methyl sites for hydroxylation is 1. The molecule has 0 bridgehead atoms. The summed E-state index contributed by atoms with van der Waals surface area (Å²) >= 11 is 3.35.